The maximum atomic E-state index is 12.3. The van der Waals surface area contributed by atoms with Gasteiger partial charge < -0.3 is 10.1 Å². The molecular formula is C17H20BN3O3. The molecule has 0 radical (unpaired) electrons. The maximum absolute atomic E-state index is 12.3. The van der Waals surface area contributed by atoms with E-state index in [-0.39, 0.29) is 30.0 Å². The standard InChI is InChI=1S/C17H20BN3O3/c1-11-9-13(10-18)24-16(11)21-8-7-14(20-17(21)23)19-15(22)12-5-3-2-4-6-12/h2-8,11,13,16H,9-10,18H2,1H3,(H,19,20,22,23)/t11-,13-,16+/m0/s1. The topological polar surface area (TPSA) is 73.2 Å². The number of hydrogen-bond donors (Lipinski definition) is 1. The van der Waals surface area contributed by atoms with Crippen LogP contribution in [0.5, 0.6) is 0 Å². The van der Waals surface area contributed by atoms with Gasteiger partial charge in [0.15, 0.2) is 0 Å². The fraction of sp³-hybridized carbons (Fsp3) is 0.353. The third-order valence-electron chi connectivity index (χ3n) is 4.29. The summed E-state index contributed by atoms with van der Waals surface area (Å²) in [7, 11) is 2.07. The molecule has 1 aromatic heterocycles. The molecule has 0 saturated carbocycles. The second kappa shape index (κ2) is 7.01. The zero-order valence-corrected chi connectivity index (χ0v) is 13.8. The summed E-state index contributed by atoms with van der Waals surface area (Å²) in [4.78, 5) is 28.4. The Morgan fingerprint density at radius 1 is 1.38 bits per heavy atom. The average Bonchev–Trinajstić information content (AvgIpc) is 2.96. The molecule has 1 aliphatic rings. The fourth-order valence-electron chi connectivity index (χ4n) is 2.97. The van der Waals surface area contributed by atoms with Crippen LogP contribution in [0, 0.1) is 5.92 Å². The molecule has 3 rings (SSSR count). The molecule has 2 aromatic rings. The molecule has 1 aromatic carbocycles. The van der Waals surface area contributed by atoms with Gasteiger partial charge in [0.1, 0.15) is 19.9 Å². The minimum absolute atomic E-state index is 0.175. The lowest BCUT2D eigenvalue weighted by molar-refractivity contribution is -0.00515. The van der Waals surface area contributed by atoms with E-state index in [1.807, 2.05) is 6.07 Å². The van der Waals surface area contributed by atoms with Crippen molar-refractivity contribution in [2.24, 2.45) is 5.92 Å². The first-order chi connectivity index (χ1) is 11.6. The van der Waals surface area contributed by atoms with E-state index in [9.17, 15) is 9.59 Å². The second-order valence-corrected chi connectivity index (χ2v) is 6.09. The van der Waals surface area contributed by atoms with Gasteiger partial charge in [-0.05, 0) is 24.6 Å². The van der Waals surface area contributed by atoms with Crippen LogP contribution in [0.3, 0.4) is 0 Å². The first-order valence-electron chi connectivity index (χ1n) is 8.19. The molecule has 1 fully saturated rings. The van der Waals surface area contributed by atoms with Crippen molar-refractivity contribution in [2.45, 2.75) is 32.0 Å². The van der Waals surface area contributed by atoms with Crippen molar-refractivity contribution in [3.05, 3.63) is 58.6 Å². The maximum Gasteiger partial charge on any atom is 0.351 e. The Kier molecular flexibility index (Phi) is 4.80. The van der Waals surface area contributed by atoms with Crippen LogP contribution >= 0.6 is 0 Å². The van der Waals surface area contributed by atoms with Crippen molar-refractivity contribution < 1.29 is 9.53 Å². The smallest absolute Gasteiger partial charge is 0.351 e. The van der Waals surface area contributed by atoms with Crippen LogP contribution in [0.1, 0.15) is 29.9 Å². The van der Waals surface area contributed by atoms with Crippen LogP contribution in [0.4, 0.5) is 5.82 Å². The van der Waals surface area contributed by atoms with E-state index in [1.165, 1.54) is 4.57 Å². The van der Waals surface area contributed by atoms with Gasteiger partial charge in [-0.2, -0.15) is 4.98 Å². The number of nitrogens with one attached hydrogen (secondary N) is 1. The summed E-state index contributed by atoms with van der Waals surface area (Å²) in [6.07, 6.45) is 3.37. The molecule has 1 N–H and O–H groups in total. The zero-order chi connectivity index (χ0) is 17.1. The van der Waals surface area contributed by atoms with E-state index in [0.29, 0.717) is 5.56 Å². The van der Waals surface area contributed by atoms with Crippen LogP contribution in [0.15, 0.2) is 47.4 Å². The van der Waals surface area contributed by atoms with E-state index >= 15 is 0 Å². The van der Waals surface area contributed by atoms with Crippen molar-refractivity contribution in [3.63, 3.8) is 0 Å². The number of nitrogens with zero attached hydrogens (tertiary/aromatic N) is 2. The summed E-state index contributed by atoms with van der Waals surface area (Å²) in [5, 5.41) is 2.64. The Morgan fingerprint density at radius 3 is 2.75 bits per heavy atom. The SMILES string of the molecule is BC[C@@H]1C[C@H](C)[C@H](n2ccc(NC(=O)c3ccccc3)nc2=O)O1. The van der Waals surface area contributed by atoms with Crippen LogP contribution in [-0.2, 0) is 4.74 Å². The van der Waals surface area contributed by atoms with Gasteiger partial charge in [-0.15, -0.1) is 0 Å². The number of carbonyl (C=O) groups excluding carboxylic acids is 1. The molecule has 7 heteroatoms. The molecule has 6 nitrogen and oxygen atoms in total. The van der Waals surface area contributed by atoms with Gasteiger partial charge in [0.05, 0.1) is 6.10 Å². The quantitative estimate of drug-likeness (QED) is 0.864. The second-order valence-electron chi connectivity index (χ2n) is 6.09. The number of anilines is 1. The Morgan fingerprint density at radius 2 is 2.12 bits per heavy atom. The molecule has 3 atom stereocenters. The largest absolute Gasteiger partial charge is 0.355 e. The number of amides is 1. The first-order valence-corrected chi connectivity index (χ1v) is 8.19. The van der Waals surface area contributed by atoms with Gasteiger partial charge >= 0.3 is 5.69 Å². The summed E-state index contributed by atoms with van der Waals surface area (Å²) in [6.45, 7) is 2.07. The Labute approximate surface area is 141 Å². The number of ether oxygens (including phenoxy) is 1. The van der Waals surface area contributed by atoms with Crippen molar-refractivity contribution in [1.82, 2.24) is 9.55 Å². The Balaban J connectivity index is 1.76. The Bertz CT molecular complexity index is 778. The molecule has 1 saturated heterocycles. The third-order valence-corrected chi connectivity index (χ3v) is 4.29. The van der Waals surface area contributed by atoms with Gasteiger partial charge in [0.25, 0.3) is 5.91 Å². The minimum Gasteiger partial charge on any atom is -0.355 e. The highest BCUT2D eigenvalue weighted by Crippen LogP contribution is 2.34. The lowest BCUT2D eigenvalue weighted by Gasteiger charge is -2.18. The van der Waals surface area contributed by atoms with Crippen molar-refractivity contribution >= 4 is 19.6 Å². The summed E-state index contributed by atoms with van der Waals surface area (Å²) in [5.74, 6) is 0.193. The van der Waals surface area contributed by atoms with Gasteiger partial charge in [0.2, 0.25) is 0 Å². The molecular weight excluding hydrogens is 305 g/mol. The van der Waals surface area contributed by atoms with E-state index in [4.69, 9.17) is 4.74 Å². The zero-order valence-electron chi connectivity index (χ0n) is 13.8. The Hall–Kier alpha value is -2.41. The summed E-state index contributed by atoms with van der Waals surface area (Å²) in [5.41, 5.74) is 0.0940. The minimum atomic E-state index is -0.422. The predicted octanol–water partition coefficient (Wildman–Crippen LogP) is 1.47. The molecule has 0 unspecified atom stereocenters. The van der Waals surface area contributed by atoms with E-state index in [2.05, 4.69) is 25.1 Å². The van der Waals surface area contributed by atoms with E-state index < -0.39 is 5.69 Å². The van der Waals surface area contributed by atoms with Crippen molar-refractivity contribution in [2.75, 3.05) is 5.32 Å². The summed E-state index contributed by atoms with van der Waals surface area (Å²) < 4.78 is 7.41. The van der Waals surface area contributed by atoms with Crippen LogP contribution in [0.25, 0.3) is 0 Å². The molecule has 24 heavy (non-hydrogen) atoms. The monoisotopic (exact) mass is 325 g/mol. The van der Waals surface area contributed by atoms with Gasteiger partial charge in [0, 0.05) is 17.7 Å². The molecule has 1 aliphatic heterocycles. The number of carbonyl (C=O) groups is 1. The highest BCUT2D eigenvalue weighted by atomic mass is 16.5. The molecule has 0 spiro atoms. The van der Waals surface area contributed by atoms with Gasteiger partial charge in [-0.1, -0.05) is 31.4 Å². The fourth-order valence-corrected chi connectivity index (χ4v) is 2.97. The number of rotatable bonds is 4. The summed E-state index contributed by atoms with van der Waals surface area (Å²) in [6, 6.07) is 10.4. The molecule has 124 valence electrons. The number of aromatic nitrogens is 2. The first kappa shape index (κ1) is 16.5. The highest BCUT2D eigenvalue weighted by molar-refractivity contribution is 6.08. The third kappa shape index (κ3) is 3.41. The van der Waals surface area contributed by atoms with Crippen LogP contribution in [0.2, 0.25) is 6.32 Å². The normalized spacial score (nSPS) is 23.1. The van der Waals surface area contributed by atoms with Crippen molar-refractivity contribution in [1.29, 1.82) is 0 Å². The molecule has 1 amide bonds. The lowest BCUT2D eigenvalue weighted by atomic mass is 9.95. The van der Waals surface area contributed by atoms with Gasteiger partial charge in [-0.3, -0.25) is 9.36 Å². The number of benzene rings is 1. The predicted molar refractivity (Wildman–Crippen MR) is 93.9 cm³/mol. The van der Waals surface area contributed by atoms with E-state index in [0.717, 1.165) is 12.7 Å². The van der Waals surface area contributed by atoms with Gasteiger partial charge in [-0.25, -0.2) is 4.79 Å². The molecule has 0 aliphatic carbocycles. The van der Waals surface area contributed by atoms with Crippen LogP contribution < -0.4 is 11.0 Å². The van der Waals surface area contributed by atoms with Crippen molar-refractivity contribution in [3.8, 4) is 0 Å². The summed E-state index contributed by atoms with van der Waals surface area (Å²) >= 11 is 0. The van der Waals surface area contributed by atoms with Crippen LogP contribution in [-0.4, -0.2) is 29.4 Å². The highest BCUT2D eigenvalue weighted by Gasteiger charge is 2.33. The molecule has 0 bridgehead atoms. The lowest BCUT2D eigenvalue weighted by Crippen LogP contribution is -2.30. The number of hydrogen-bond acceptors (Lipinski definition) is 4. The van der Waals surface area contributed by atoms with E-state index in [1.54, 1.807) is 36.5 Å². The molecule has 2 heterocycles. The average molecular weight is 325 g/mol.